The summed E-state index contributed by atoms with van der Waals surface area (Å²) in [7, 11) is 0. The minimum atomic E-state index is -0.881. The van der Waals surface area contributed by atoms with E-state index in [1.54, 1.807) is 25.7 Å². The van der Waals surface area contributed by atoms with Crippen LogP contribution in [0.5, 0.6) is 0 Å². The van der Waals surface area contributed by atoms with Gasteiger partial charge in [0.1, 0.15) is 17.7 Å². The molecule has 0 aliphatic heterocycles. The Hall–Kier alpha value is -3.35. The number of rotatable bonds is 14. The number of carbonyl (C=O) groups is 3. The highest BCUT2D eigenvalue weighted by Crippen LogP contribution is 2.28. The van der Waals surface area contributed by atoms with E-state index in [4.69, 9.17) is 4.74 Å². The van der Waals surface area contributed by atoms with E-state index in [1.165, 1.54) is 6.42 Å². The number of carbonyl (C=O) groups excluding carboxylic acids is 3. The van der Waals surface area contributed by atoms with Crippen LogP contribution in [0.1, 0.15) is 108 Å². The second-order valence-electron chi connectivity index (χ2n) is 12.8. The van der Waals surface area contributed by atoms with E-state index in [0.29, 0.717) is 12.2 Å². The first-order valence-electron chi connectivity index (χ1n) is 15.5. The molecule has 0 bridgehead atoms. The molecule has 0 saturated carbocycles. The van der Waals surface area contributed by atoms with Crippen molar-refractivity contribution >= 4 is 23.6 Å². The summed E-state index contributed by atoms with van der Waals surface area (Å²) in [6.07, 6.45) is 5.62. The van der Waals surface area contributed by atoms with Gasteiger partial charge in [-0.3, -0.25) is 9.59 Å². The zero-order valence-corrected chi connectivity index (χ0v) is 27.3. The zero-order chi connectivity index (χ0) is 31.4. The molecule has 7 nitrogen and oxygen atoms in total. The van der Waals surface area contributed by atoms with Crippen molar-refractivity contribution in [2.75, 3.05) is 11.9 Å². The van der Waals surface area contributed by atoms with Gasteiger partial charge in [-0.25, -0.2) is 4.79 Å². The Labute approximate surface area is 253 Å². The van der Waals surface area contributed by atoms with E-state index < -0.39 is 23.8 Å². The maximum absolute atomic E-state index is 14.4. The molecule has 0 saturated heterocycles. The predicted octanol–water partition coefficient (Wildman–Crippen LogP) is 8.03. The second kappa shape index (κ2) is 16.3. The van der Waals surface area contributed by atoms with Crippen molar-refractivity contribution in [2.45, 2.75) is 119 Å². The van der Waals surface area contributed by atoms with Gasteiger partial charge in [0.15, 0.2) is 0 Å². The van der Waals surface area contributed by atoms with E-state index in [9.17, 15) is 14.4 Å². The number of nitrogens with zero attached hydrogens (tertiary/aromatic N) is 1. The Kier molecular flexibility index (Phi) is 13.5. The lowest BCUT2D eigenvalue weighted by Gasteiger charge is -2.36. The SMILES string of the molecule is CCCCCCCCN(C(=O)C(NC(=O)OC(C)(C)C)C(C)C)C(C(=O)Nc1ccccc1C)c1cc(C)cc(C)c1. The molecule has 0 radical (unpaired) electrons. The number of ether oxygens (including phenoxy) is 1. The quantitative estimate of drug-likeness (QED) is 0.222. The Morgan fingerprint density at radius 1 is 0.881 bits per heavy atom. The minimum absolute atomic E-state index is 0.226. The Balaban J connectivity index is 2.55. The molecule has 3 amide bonds. The van der Waals surface area contributed by atoms with Crippen LogP contribution in [0.3, 0.4) is 0 Å². The molecule has 2 rings (SSSR count). The summed E-state index contributed by atoms with van der Waals surface area (Å²) in [4.78, 5) is 43.1. The molecule has 42 heavy (non-hydrogen) atoms. The Morgan fingerprint density at radius 3 is 2.05 bits per heavy atom. The van der Waals surface area contributed by atoms with E-state index in [2.05, 4.69) is 23.6 Å². The van der Waals surface area contributed by atoms with Gasteiger partial charge in [-0.2, -0.15) is 0 Å². The molecule has 232 valence electrons. The fourth-order valence-corrected chi connectivity index (χ4v) is 5.11. The van der Waals surface area contributed by atoms with Crippen molar-refractivity contribution in [1.82, 2.24) is 10.2 Å². The number of benzene rings is 2. The van der Waals surface area contributed by atoms with Crippen molar-refractivity contribution in [2.24, 2.45) is 5.92 Å². The van der Waals surface area contributed by atoms with E-state index >= 15 is 0 Å². The number of unbranched alkanes of at least 4 members (excludes halogenated alkanes) is 5. The molecule has 0 spiro atoms. The average Bonchev–Trinajstić information content (AvgIpc) is 2.87. The standard InChI is InChI=1S/C35H53N3O4/c1-10-11-12-13-14-17-20-38(33(40)30(24(2)3)37-34(41)42-35(7,8)9)31(28-22-25(4)21-26(5)23-28)32(39)36-29-19-16-15-18-27(29)6/h15-16,18-19,21-24,30-31H,10-14,17,20H2,1-9H3,(H,36,39)(H,37,41). The number of anilines is 1. The monoisotopic (exact) mass is 579 g/mol. The van der Waals surface area contributed by atoms with Gasteiger partial charge in [-0.1, -0.05) is 100 Å². The summed E-state index contributed by atoms with van der Waals surface area (Å²) in [5, 5.41) is 5.91. The van der Waals surface area contributed by atoms with Crippen molar-refractivity contribution < 1.29 is 19.1 Å². The lowest BCUT2D eigenvalue weighted by Crippen LogP contribution is -2.54. The number of alkyl carbamates (subject to hydrolysis) is 1. The van der Waals surface area contributed by atoms with Gasteiger partial charge in [-0.15, -0.1) is 0 Å². The lowest BCUT2D eigenvalue weighted by atomic mass is 9.96. The van der Waals surface area contributed by atoms with Crippen molar-refractivity contribution in [3.63, 3.8) is 0 Å². The van der Waals surface area contributed by atoms with Crippen molar-refractivity contribution in [3.05, 3.63) is 64.7 Å². The van der Waals surface area contributed by atoms with Gasteiger partial charge in [0.05, 0.1) is 0 Å². The Morgan fingerprint density at radius 2 is 1.48 bits per heavy atom. The number of nitrogens with one attached hydrogen (secondary N) is 2. The predicted molar refractivity (Wildman–Crippen MR) is 172 cm³/mol. The lowest BCUT2D eigenvalue weighted by molar-refractivity contribution is -0.141. The molecule has 2 aromatic carbocycles. The van der Waals surface area contributed by atoms with Crippen LogP contribution in [-0.2, 0) is 14.3 Å². The van der Waals surface area contributed by atoms with Gasteiger partial charge >= 0.3 is 6.09 Å². The van der Waals surface area contributed by atoms with Gasteiger partial charge in [-0.05, 0) is 71.1 Å². The third-order valence-corrected chi connectivity index (χ3v) is 7.16. The molecule has 2 aromatic rings. The highest BCUT2D eigenvalue weighted by molar-refractivity contribution is 5.99. The number of para-hydroxylation sites is 1. The number of hydrogen-bond donors (Lipinski definition) is 2. The van der Waals surface area contributed by atoms with Gasteiger partial charge in [0, 0.05) is 12.2 Å². The Bertz CT molecular complexity index is 1160. The van der Waals surface area contributed by atoms with Crippen LogP contribution in [-0.4, -0.2) is 41.0 Å². The third kappa shape index (κ3) is 11.1. The maximum Gasteiger partial charge on any atom is 0.408 e. The van der Waals surface area contributed by atoms with Crippen LogP contribution in [0, 0.1) is 26.7 Å². The van der Waals surface area contributed by atoms with E-state index in [-0.39, 0.29) is 17.7 Å². The molecule has 0 aromatic heterocycles. The van der Waals surface area contributed by atoms with Gasteiger partial charge in [0.2, 0.25) is 5.91 Å². The summed E-state index contributed by atoms with van der Waals surface area (Å²) in [5.41, 5.74) is 3.71. The molecule has 0 heterocycles. The first kappa shape index (κ1) is 34.8. The molecule has 2 unspecified atom stereocenters. The first-order valence-corrected chi connectivity index (χ1v) is 15.5. The molecule has 0 aliphatic carbocycles. The summed E-state index contributed by atoms with van der Waals surface area (Å²) in [6.45, 7) is 17.7. The highest BCUT2D eigenvalue weighted by Gasteiger charge is 2.37. The van der Waals surface area contributed by atoms with E-state index in [1.807, 2.05) is 71.0 Å². The summed E-state index contributed by atoms with van der Waals surface area (Å²) in [5.74, 6) is -0.807. The van der Waals surface area contributed by atoms with E-state index in [0.717, 1.165) is 54.4 Å². The number of aryl methyl sites for hydroxylation is 3. The first-order chi connectivity index (χ1) is 19.7. The second-order valence-corrected chi connectivity index (χ2v) is 12.8. The number of amides is 3. The van der Waals surface area contributed by atoms with Crippen LogP contribution in [0.2, 0.25) is 0 Å². The normalized spacial score (nSPS) is 12.9. The molecule has 0 fully saturated rings. The zero-order valence-electron chi connectivity index (χ0n) is 27.3. The van der Waals surface area contributed by atoms with Crippen molar-refractivity contribution in [3.8, 4) is 0 Å². The molecule has 2 N–H and O–H groups in total. The smallest absolute Gasteiger partial charge is 0.408 e. The van der Waals surface area contributed by atoms with Gasteiger partial charge < -0.3 is 20.3 Å². The molecule has 7 heteroatoms. The largest absolute Gasteiger partial charge is 0.444 e. The molecule has 2 atom stereocenters. The van der Waals surface area contributed by atoms with Crippen LogP contribution in [0.25, 0.3) is 0 Å². The summed E-state index contributed by atoms with van der Waals surface area (Å²) < 4.78 is 5.50. The third-order valence-electron chi connectivity index (χ3n) is 7.16. The van der Waals surface area contributed by atoms with Crippen molar-refractivity contribution in [1.29, 1.82) is 0 Å². The summed E-state index contributed by atoms with van der Waals surface area (Å²) >= 11 is 0. The molecule has 0 aliphatic rings. The van der Waals surface area contributed by atoms with Crippen LogP contribution in [0.4, 0.5) is 10.5 Å². The van der Waals surface area contributed by atoms with Crippen LogP contribution < -0.4 is 10.6 Å². The van der Waals surface area contributed by atoms with Crippen LogP contribution >= 0.6 is 0 Å². The number of hydrogen-bond acceptors (Lipinski definition) is 4. The van der Waals surface area contributed by atoms with Gasteiger partial charge in [0.25, 0.3) is 5.91 Å². The fourth-order valence-electron chi connectivity index (χ4n) is 5.11. The highest BCUT2D eigenvalue weighted by atomic mass is 16.6. The molecular formula is C35H53N3O4. The van der Waals surface area contributed by atoms with Crippen LogP contribution in [0.15, 0.2) is 42.5 Å². The fraction of sp³-hybridized carbons (Fsp3) is 0.571. The summed E-state index contributed by atoms with van der Waals surface area (Å²) in [6, 6.07) is 11.9. The topological polar surface area (TPSA) is 87.7 Å². The minimum Gasteiger partial charge on any atom is -0.444 e. The average molecular weight is 580 g/mol. The molecular weight excluding hydrogens is 526 g/mol. The maximum atomic E-state index is 14.4.